The van der Waals surface area contributed by atoms with Gasteiger partial charge in [0.15, 0.2) is 0 Å². The summed E-state index contributed by atoms with van der Waals surface area (Å²) in [5, 5.41) is 3.10. The van der Waals surface area contributed by atoms with Gasteiger partial charge in [-0.2, -0.15) is 11.8 Å². The number of carbonyl (C=O) groups excluding carboxylic acids is 1. The molecule has 0 spiro atoms. The molecule has 1 fully saturated rings. The number of carbonyl (C=O) groups is 1. The van der Waals surface area contributed by atoms with Gasteiger partial charge in [-0.25, -0.2) is 0 Å². The minimum absolute atomic E-state index is 0.0638. The minimum Gasteiger partial charge on any atom is -0.497 e. The number of methoxy groups -OCH3 is 1. The molecule has 4 nitrogen and oxygen atoms in total. The highest BCUT2D eigenvalue weighted by atomic mass is 32.2. The predicted octanol–water partition coefficient (Wildman–Crippen LogP) is 3.10. The molecule has 0 aromatic heterocycles. The number of nitrogens with zero attached hydrogens (tertiary/aromatic N) is 1. The molecule has 0 saturated carbocycles. The minimum atomic E-state index is -0.222. The molecular formula is C20H24N2O2S. The summed E-state index contributed by atoms with van der Waals surface area (Å²) in [4.78, 5) is 15.2. The fourth-order valence-electron chi connectivity index (χ4n) is 3.03. The van der Waals surface area contributed by atoms with E-state index in [2.05, 4.69) is 10.2 Å². The lowest BCUT2D eigenvalue weighted by atomic mass is 10.0. The Labute approximate surface area is 153 Å². The molecule has 0 aliphatic carbocycles. The van der Waals surface area contributed by atoms with Crippen LogP contribution in [0.2, 0.25) is 0 Å². The third-order valence-electron chi connectivity index (χ3n) is 4.40. The van der Waals surface area contributed by atoms with E-state index in [9.17, 15) is 4.79 Å². The van der Waals surface area contributed by atoms with E-state index in [-0.39, 0.29) is 11.9 Å². The van der Waals surface area contributed by atoms with Crippen LogP contribution in [-0.2, 0) is 11.3 Å². The van der Waals surface area contributed by atoms with Crippen molar-refractivity contribution >= 4 is 17.7 Å². The molecular weight excluding hydrogens is 332 g/mol. The number of hydrogen-bond acceptors (Lipinski definition) is 4. The number of hydrogen-bond donors (Lipinski definition) is 1. The Morgan fingerprint density at radius 1 is 1.12 bits per heavy atom. The first kappa shape index (κ1) is 17.8. The zero-order chi connectivity index (χ0) is 17.5. The van der Waals surface area contributed by atoms with Gasteiger partial charge in [0.05, 0.1) is 7.11 Å². The Balaban J connectivity index is 1.69. The predicted molar refractivity (Wildman–Crippen MR) is 103 cm³/mol. The molecule has 2 aromatic rings. The van der Waals surface area contributed by atoms with Crippen LogP contribution in [-0.4, -0.2) is 42.5 Å². The molecule has 1 amide bonds. The second-order valence-corrected chi connectivity index (χ2v) is 7.25. The van der Waals surface area contributed by atoms with E-state index in [1.54, 1.807) is 7.11 Å². The summed E-state index contributed by atoms with van der Waals surface area (Å²) in [5.41, 5.74) is 2.12. The smallest absolute Gasteiger partial charge is 0.242 e. The Kier molecular flexibility index (Phi) is 6.36. The average molecular weight is 356 g/mol. The summed E-state index contributed by atoms with van der Waals surface area (Å²) in [5.74, 6) is 3.04. The molecule has 0 bridgehead atoms. The fourth-order valence-corrected chi connectivity index (χ4v) is 3.96. The van der Waals surface area contributed by atoms with E-state index in [1.165, 1.54) is 0 Å². The van der Waals surface area contributed by atoms with Gasteiger partial charge in [0.1, 0.15) is 11.8 Å². The lowest BCUT2D eigenvalue weighted by Crippen LogP contribution is -2.44. The molecule has 0 unspecified atom stereocenters. The number of benzene rings is 2. The zero-order valence-corrected chi connectivity index (χ0v) is 15.3. The molecule has 1 aliphatic rings. The van der Waals surface area contributed by atoms with Crippen molar-refractivity contribution in [3.63, 3.8) is 0 Å². The van der Waals surface area contributed by atoms with Crippen molar-refractivity contribution in [2.75, 3.05) is 31.7 Å². The average Bonchev–Trinajstić information content (AvgIpc) is 2.69. The fraction of sp³-hybridized carbons (Fsp3) is 0.350. The van der Waals surface area contributed by atoms with Crippen LogP contribution in [0.1, 0.15) is 17.2 Å². The summed E-state index contributed by atoms with van der Waals surface area (Å²) >= 11 is 1.95. The lowest BCUT2D eigenvalue weighted by molar-refractivity contribution is -0.126. The Hall–Kier alpha value is -1.98. The van der Waals surface area contributed by atoms with Gasteiger partial charge in [0.2, 0.25) is 5.91 Å². The molecule has 25 heavy (non-hydrogen) atoms. The van der Waals surface area contributed by atoms with E-state index in [4.69, 9.17) is 4.74 Å². The summed E-state index contributed by atoms with van der Waals surface area (Å²) in [7, 11) is 1.65. The van der Waals surface area contributed by atoms with Crippen LogP contribution in [0.5, 0.6) is 5.75 Å². The second kappa shape index (κ2) is 8.92. The zero-order valence-electron chi connectivity index (χ0n) is 14.5. The van der Waals surface area contributed by atoms with E-state index in [1.807, 2.05) is 66.4 Å². The number of rotatable bonds is 6. The first-order valence-corrected chi connectivity index (χ1v) is 9.71. The van der Waals surface area contributed by atoms with Crippen molar-refractivity contribution in [3.05, 3.63) is 65.7 Å². The molecule has 1 heterocycles. The van der Waals surface area contributed by atoms with Gasteiger partial charge >= 0.3 is 0 Å². The third-order valence-corrected chi connectivity index (χ3v) is 5.34. The van der Waals surface area contributed by atoms with Crippen molar-refractivity contribution in [1.82, 2.24) is 10.2 Å². The Morgan fingerprint density at radius 3 is 2.44 bits per heavy atom. The number of amides is 1. The van der Waals surface area contributed by atoms with Gasteiger partial charge in [-0.15, -0.1) is 0 Å². The van der Waals surface area contributed by atoms with E-state index < -0.39 is 0 Å². The van der Waals surface area contributed by atoms with Crippen LogP contribution in [0.25, 0.3) is 0 Å². The van der Waals surface area contributed by atoms with Gasteiger partial charge in [-0.1, -0.05) is 42.5 Å². The van der Waals surface area contributed by atoms with Crippen LogP contribution >= 0.6 is 11.8 Å². The molecule has 1 saturated heterocycles. The molecule has 1 atom stereocenters. The van der Waals surface area contributed by atoms with Gasteiger partial charge in [0.25, 0.3) is 0 Å². The van der Waals surface area contributed by atoms with Gasteiger partial charge < -0.3 is 10.1 Å². The number of nitrogens with one attached hydrogen (secondary N) is 1. The molecule has 5 heteroatoms. The number of ether oxygens (including phenoxy) is 1. The maximum Gasteiger partial charge on any atom is 0.242 e. The van der Waals surface area contributed by atoms with Crippen molar-refractivity contribution in [2.24, 2.45) is 0 Å². The molecule has 3 rings (SSSR count). The van der Waals surface area contributed by atoms with E-state index in [0.717, 1.165) is 41.5 Å². The maximum absolute atomic E-state index is 13.0. The molecule has 2 aromatic carbocycles. The molecule has 1 aliphatic heterocycles. The summed E-state index contributed by atoms with van der Waals surface area (Å²) in [6, 6.07) is 17.6. The van der Waals surface area contributed by atoms with E-state index >= 15 is 0 Å². The van der Waals surface area contributed by atoms with Crippen LogP contribution in [0, 0.1) is 0 Å². The standard InChI is InChI=1S/C20H24N2O2S/c1-24-18-9-7-16(8-10-18)15-21-20(23)19(17-5-3-2-4-6-17)22-11-13-25-14-12-22/h2-10,19H,11-15H2,1H3,(H,21,23)/t19-/m0/s1. The van der Waals surface area contributed by atoms with Crippen LogP contribution in [0.15, 0.2) is 54.6 Å². The molecule has 1 N–H and O–H groups in total. The topological polar surface area (TPSA) is 41.6 Å². The largest absolute Gasteiger partial charge is 0.497 e. The first-order chi connectivity index (χ1) is 12.3. The van der Waals surface area contributed by atoms with Crippen molar-refractivity contribution in [2.45, 2.75) is 12.6 Å². The highest BCUT2D eigenvalue weighted by Gasteiger charge is 2.28. The molecule has 132 valence electrons. The van der Waals surface area contributed by atoms with E-state index in [0.29, 0.717) is 6.54 Å². The van der Waals surface area contributed by atoms with Crippen LogP contribution in [0.4, 0.5) is 0 Å². The van der Waals surface area contributed by atoms with Gasteiger partial charge in [-0.05, 0) is 23.3 Å². The quantitative estimate of drug-likeness (QED) is 0.864. The highest BCUT2D eigenvalue weighted by Crippen LogP contribution is 2.24. The number of thioether (sulfide) groups is 1. The first-order valence-electron chi connectivity index (χ1n) is 8.55. The summed E-state index contributed by atoms with van der Waals surface area (Å²) in [6.07, 6.45) is 0. The normalized spacial score (nSPS) is 16.2. The van der Waals surface area contributed by atoms with Crippen molar-refractivity contribution in [1.29, 1.82) is 0 Å². The van der Waals surface area contributed by atoms with Crippen molar-refractivity contribution in [3.8, 4) is 5.75 Å². The lowest BCUT2D eigenvalue weighted by Gasteiger charge is -2.33. The Bertz CT molecular complexity index is 670. The van der Waals surface area contributed by atoms with Gasteiger partial charge in [0, 0.05) is 31.1 Å². The van der Waals surface area contributed by atoms with Crippen LogP contribution < -0.4 is 10.1 Å². The maximum atomic E-state index is 13.0. The van der Waals surface area contributed by atoms with Crippen molar-refractivity contribution < 1.29 is 9.53 Å². The highest BCUT2D eigenvalue weighted by molar-refractivity contribution is 7.99. The summed E-state index contributed by atoms with van der Waals surface area (Å²) in [6.45, 7) is 2.41. The summed E-state index contributed by atoms with van der Waals surface area (Å²) < 4.78 is 5.17. The molecule has 0 radical (unpaired) electrons. The van der Waals surface area contributed by atoms with Crippen LogP contribution in [0.3, 0.4) is 0 Å². The van der Waals surface area contributed by atoms with Gasteiger partial charge in [-0.3, -0.25) is 9.69 Å². The Morgan fingerprint density at radius 2 is 1.80 bits per heavy atom. The SMILES string of the molecule is COc1ccc(CNC(=O)[C@H](c2ccccc2)N2CCSCC2)cc1. The monoisotopic (exact) mass is 356 g/mol. The second-order valence-electron chi connectivity index (χ2n) is 6.03. The third kappa shape index (κ3) is 4.77.